The van der Waals surface area contributed by atoms with Crippen LogP contribution in [0.15, 0.2) is 42.9 Å². The van der Waals surface area contributed by atoms with Gasteiger partial charge in [0.15, 0.2) is 0 Å². The van der Waals surface area contributed by atoms with Gasteiger partial charge in [0.1, 0.15) is 0 Å². The Morgan fingerprint density at radius 3 is 2.90 bits per heavy atom. The van der Waals surface area contributed by atoms with Crippen LogP contribution in [0.3, 0.4) is 0 Å². The molecular weight excluding hydrogens is 260 g/mol. The molecule has 4 heteroatoms. The number of likely N-dealkylation sites (tertiary alicyclic amines) is 1. The molecule has 1 fully saturated rings. The molecule has 4 nitrogen and oxygen atoms in total. The fourth-order valence-electron chi connectivity index (χ4n) is 3.20. The second-order valence-corrected chi connectivity index (χ2v) is 5.81. The third kappa shape index (κ3) is 4.14. The van der Waals surface area contributed by atoms with Crippen molar-refractivity contribution in [2.45, 2.75) is 44.7 Å². The predicted molar refractivity (Wildman–Crippen MR) is 84.0 cm³/mol. The molecule has 21 heavy (non-hydrogen) atoms. The molecule has 0 radical (unpaired) electrons. The summed E-state index contributed by atoms with van der Waals surface area (Å²) >= 11 is 0. The van der Waals surface area contributed by atoms with E-state index in [-0.39, 0.29) is 0 Å². The number of aromatic nitrogens is 3. The average molecular weight is 284 g/mol. The van der Waals surface area contributed by atoms with Crippen LogP contribution in [0.25, 0.3) is 0 Å². The van der Waals surface area contributed by atoms with Crippen molar-refractivity contribution in [3.8, 4) is 0 Å². The van der Waals surface area contributed by atoms with Crippen molar-refractivity contribution in [2.24, 2.45) is 0 Å². The van der Waals surface area contributed by atoms with Crippen molar-refractivity contribution < 1.29 is 0 Å². The van der Waals surface area contributed by atoms with Crippen molar-refractivity contribution in [1.29, 1.82) is 0 Å². The minimum Gasteiger partial charge on any atom is -0.300 e. The fourth-order valence-corrected chi connectivity index (χ4v) is 3.20. The zero-order valence-corrected chi connectivity index (χ0v) is 12.6. The van der Waals surface area contributed by atoms with E-state index in [1.54, 1.807) is 0 Å². The van der Waals surface area contributed by atoms with Crippen molar-refractivity contribution in [3.05, 3.63) is 48.5 Å². The van der Waals surface area contributed by atoms with Crippen LogP contribution in [0.2, 0.25) is 0 Å². The van der Waals surface area contributed by atoms with Crippen molar-refractivity contribution in [3.63, 3.8) is 0 Å². The first kappa shape index (κ1) is 14.3. The largest absolute Gasteiger partial charge is 0.300 e. The molecule has 1 aliphatic heterocycles. The lowest BCUT2D eigenvalue weighted by atomic mass is 9.99. The Bertz CT molecular complexity index is 509. The number of aryl methyl sites for hydroxylation is 1. The molecule has 0 bridgehead atoms. The first-order valence-corrected chi connectivity index (χ1v) is 8.03. The van der Waals surface area contributed by atoms with Gasteiger partial charge in [-0.1, -0.05) is 12.5 Å². The summed E-state index contributed by atoms with van der Waals surface area (Å²) in [6.07, 6.45) is 12.1. The van der Waals surface area contributed by atoms with Crippen LogP contribution in [-0.4, -0.2) is 38.8 Å². The third-order valence-corrected chi connectivity index (χ3v) is 4.38. The lowest BCUT2D eigenvalue weighted by Crippen LogP contribution is -2.41. The summed E-state index contributed by atoms with van der Waals surface area (Å²) in [5.74, 6) is 0. The molecular formula is C17H24N4. The Morgan fingerprint density at radius 1 is 1.10 bits per heavy atom. The number of nitrogens with zero attached hydrogens (tertiary/aromatic N) is 4. The summed E-state index contributed by atoms with van der Waals surface area (Å²) in [6, 6.07) is 8.89. The predicted octanol–water partition coefficient (Wildman–Crippen LogP) is 2.77. The molecule has 3 heterocycles. The van der Waals surface area contributed by atoms with E-state index < -0.39 is 0 Å². The first-order valence-electron chi connectivity index (χ1n) is 8.03. The topological polar surface area (TPSA) is 34.0 Å². The van der Waals surface area contributed by atoms with Gasteiger partial charge in [0.2, 0.25) is 0 Å². The van der Waals surface area contributed by atoms with Crippen LogP contribution in [0.5, 0.6) is 0 Å². The van der Waals surface area contributed by atoms with Crippen molar-refractivity contribution in [1.82, 2.24) is 19.7 Å². The van der Waals surface area contributed by atoms with Crippen LogP contribution in [0, 0.1) is 0 Å². The molecule has 1 saturated heterocycles. The summed E-state index contributed by atoms with van der Waals surface area (Å²) < 4.78 is 2.05. The zero-order valence-electron chi connectivity index (χ0n) is 12.6. The molecule has 0 spiro atoms. The number of pyridine rings is 1. The highest BCUT2D eigenvalue weighted by atomic mass is 15.3. The van der Waals surface area contributed by atoms with E-state index in [1.165, 1.54) is 37.9 Å². The average Bonchev–Trinajstić information content (AvgIpc) is 3.06. The fraction of sp³-hybridized carbons (Fsp3) is 0.529. The van der Waals surface area contributed by atoms with E-state index in [0.29, 0.717) is 6.04 Å². The quantitative estimate of drug-likeness (QED) is 0.818. The Balaban J connectivity index is 1.51. The van der Waals surface area contributed by atoms with E-state index in [9.17, 15) is 0 Å². The standard InChI is InChI=1S/C17H24N4/c1-3-10-18-16(6-1)8-14-20-12-4-2-7-17(20)9-15-21-13-5-11-19-21/h1,3,5-6,10-11,13,17H,2,4,7-9,12,14-15H2. The van der Waals surface area contributed by atoms with Gasteiger partial charge in [-0.05, 0) is 44.0 Å². The Kier molecular flexibility index (Phi) is 5.00. The van der Waals surface area contributed by atoms with Gasteiger partial charge in [-0.25, -0.2) is 0 Å². The summed E-state index contributed by atoms with van der Waals surface area (Å²) in [6.45, 7) is 3.38. The second kappa shape index (κ2) is 7.36. The van der Waals surface area contributed by atoms with Gasteiger partial charge >= 0.3 is 0 Å². The monoisotopic (exact) mass is 284 g/mol. The van der Waals surface area contributed by atoms with Gasteiger partial charge in [0.05, 0.1) is 0 Å². The minimum atomic E-state index is 0.701. The molecule has 0 N–H and O–H groups in total. The van der Waals surface area contributed by atoms with Gasteiger partial charge in [0.25, 0.3) is 0 Å². The van der Waals surface area contributed by atoms with E-state index in [2.05, 4.69) is 33.3 Å². The molecule has 0 aromatic carbocycles. The molecule has 2 aromatic rings. The molecule has 0 saturated carbocycles. The van der Waals surface area contributed by atoms with E-state index in [1.807, 2.05) is 29.2 Å². The lowest BCUT2D eigenvalue weighted by Gasteiger charge is -2.35. The lowest BCUT2D eigenvalue weighted by molar-refractivity contribution is 0.136. The van der Waals surface area contributed by atoms with E-state index >= 15 is 0 Å². The first-order chi connectivity index (χ1) is 10.4. The number of hydrogen-bond acceptors (Lipinski definition) is 3. The summed E-state index contributed by atoms with van der Waals surface area (Å²) in [5, 5.41) is 4.31. The maximum absolute atomic E-state index is 4.43. The zero-order chi connectivity index (χ0) is 14.3. The van der Waals surface area contributed by atoms with Crippen LogP contribution >= 0.6 is 0 Å². The van der Waals surface area contributed by atoms with E-state index in [4.69, 9.17) is 0 Å². The molecule has 0 aliphatic carbocycles. The summed E-state index contributed by atoms with van der Waals surface area (Å²) in [4.78, 5) is 7.09. The Labute approximate surface area is 126 Å². The van der Waals surface area contributed by atoms with Gasteiger partial charge in [-0.2, -0.15) is 5.10 Å². The normalized spacial score (nSPS) is 19.7. The number of hydrogen-bond donors (Lipinski definition) is 0. The van der Waals surface area contributed by atoms with Crippen molar-refractivity contribution >= 4 is 0 Å². The van der Waals surface area contributed by atoms with Gasteiger partial charge in [-0.15, -0.1) is 0 Å². The Hall–Kier alpha value is -1.68. The molecule has 2 aromatic heterocycles. The number of rotatable bonds is 6. The van der Waals surface area contributed by atoms with Crippen molar-refractivity contribution in [2.75, 3.05) is 13.1 Å². The van der Waals surface area contributed by atoms with Gasteiger partial charge in [-0.3, -0.25) is 14.6 Å². The maximum atomic E-state index is 4.43. The molecule has 3 rings (SSSR count). The van der Waals surface area contributed by atoms with Crippen LogP contribution in [0.4, 0.5) is 0 Å². The summed E-state index contributed by atoms with van der Waals surface area (Å²) in [7, 11) is 0. The smallest absolute Gasteiger partial charge is 0.0489 e. The van der Waals surface area contributed by atoms with Crippen LogP contribution in [0.1, 0.15) is 31.4 Å². The second-order valence-electron chi connectivity index (χ2n) is 5.81. The minimum absolute atomic E-state index is 0.701. The molecule has 0 amide bonds. The molecule has 1 aliphatic rings. The van der Waals surface area contributed by atoms with Crippen LogP contribution in [-0.2, 0) is 13.0 Å². The highest BCUT2D eigenvalue weighted by molar-refractivity contribution is 5.04. The SMILES string of the molecule is c1ccc(CCN2CCCCC2CCn2cccn2)nc1. The molecule has 1 atom stereocenters. The highest BCUT2D eigenvalue weighted by Gasteiger charge is 2.21. The molecule has 1 unspecified atom stereocenters. The van der Waals surface area contributed by atoms with E-state index in [0.717, 1.165) is 19.5 Å². The van der Waals surface area contributed by atoms with Gasteiger partial charge in [0, 0.05) is 49.8 Å². The maximum Gasteiger partial charge on any atom is 0.0489 e. The summed E-state index contributed by atoms with van der Waals surface area (Å²) in [5.41, 5.74) is 1.20. The third-order valence-electron chi connectivity index (χ3n) is 4.38. The Morgan fingerprint density at radius 2 is 2.10 bits per heavy atom. The van der Waals surface area contributed by atoms with Crippen LogP contribution < -0.4 is 0 Å². The van der Waals surface area contributed by atoms with Gasteiger partial charge < -0.3 is 0 Å². The highest BCUT2D eigenvalue weighted by Crippen LogP contribution is 2.20. The molecule has 112 valence electrons. The number of piperidine rings is 1.